The van der Waals surface area contributed by atoms with Crippen molar-refractivity contribution in [2.45, 2.75) is 0 Å². The highest BCUT2D eigenvalue weighted by Gasteiger charge is 1.96. The van der Waals surface area contributed by atoms with Crippen LogP contribution in [0, 0.1) is 0 Å². The molecule has 0 atom stereocenters. The van der Waals surface area contributed by atoms with Gasteiger partial charge in [0.25, 0.3) is 0 Å². The molecule has 0 aromatic heterocycles. The average Bonchev–Trinajstić information content (AvgIpc) is 1.59. The predicted molar refractivity (Wildman–Crippen MR) is 34.3 cm³/mol. The third-order valence-electron chi connectivity index (χ3n) is 0.658. The first-order chi connectivity index (χ1) is 3.56. The minimum absolute atomic E-state index is 0.134. The maximum Gasteiger partial charge on any atom is 0.0934 e. The van der Waals surface area contributed by atoms with E-state index in [4.69, 9.17) is 5.11 Å². The monoisotopic (exact) mass is 117 g/mol. The van der Waals surface area contributed by atoms with Crippen molar-refractivity contribution in [3.05, 3.63) is 12.3 Å². The summed E-state index contributed by atoms with van der Waals surface area (Å²) in [5, 5.41) is 8.33. The molecule has 0 spiro atoms. The summed E-state index contributed by atoms with van der Waals surface area (Å²) in [5.74, 6) is 0. The average molecular weight is 117 g/mol. The van der Waals surface area contributed by atoms with Crippen LogP contribution in [0.4, 0.5) is 0 Å². The Kier molecular flexibility index (Phi) is 2.72. The Balaban J connectivity index is 3.52. The molecule has 48 valence electrons. The smallest absolute Gasteiger partial charge is 0.0934 e. The lowest BCUT2D eigenvalue weighted by Crippen LogP contribution is -2.26. The molecule has 0 amide bonds. The second kappa shape index (κ2) is 2.84. The third-order valence-corrected chi connectivity index (χ3v) is 0.658. The van der Waals surface area contributed by atoms with Crippen LogP contribution >= 0.6 is 0 Å². The lowest BCUT2D eigenvalue weighted by Gasteiger charge is -2.16. The number of rotatable bonds is 2. The SMILES string of the molecule is C[15N+](C)(C)/C=C/CO. The van der Waals surface area contributed by atoms with Crippen molar-refractivity contribution in [3.8, 4) is 0 Å². The van der Waals surface area contributed by atoms with Gasteiger partial charge >= 0.3 is 0 Å². The zero-order valence-electron chi connectivity index (χ0n) is 5.76. The van der Waals surface area contributed by atoms with E-state index in [9.17, 15) is 0 Å². The zero-order chi connectivity index (χ0) is 6.62. The Labute approximate surface area is 50.6 Å². The molecule has 0 unspecified atom stereocenters. The summed E-state index contributed by atoms with van der Waals surface area (Å²) in [4.78, 5) is 0. The predicted octanol–water partition coefficient (Wildman–Crippen LogP) is 0.199. The molecule has 0 aliphatic carbocycles. The number of hydrogen-bond donors (Lipinski definition) is 1. The molecule has 0 aromatic carbocycles. The van der Waals surface area contributed by atoms with Crippen molar-refractivity contribution in [1.29, 1.82) is 0 Å². The standard InChI is InChI=1S/C6H14NO/c1-7(2,3)5-4-6-8/h4-5,8H,6H2,1-3H3/q+1/b5-4+/i7+1. The lowest BCUT2D eigenvalue weighted by atomic mass is 10.6. The fourth-order valence-electron chi connectivity index (χ4n) is 0.363. The van der Waals surface area contributed by atoms with E-state index in [1.165, 1.54) is 0 Å². The van der Waals surface area contributed by atoms with E-state index in [1.807, 2.05) is 27.3 Å². The molecule has 0 saturated heterocycles. The number of aliphatic hydroxyl groups excluding tert-OH is 1. The Bertz CT molecular complexity index is 81.0. The Morgan fingerprint density at radius 1 is 1.38 bits per heavy atom. The fourth-order valence-corrected chi connectivity index (χ4v) is 0.363. The first-order valence-electron chi connectivity index (χ1n) is 2.66. The molecule has 0 heterocycles. The van der Waals surface area contributed by atoms with Crippen molar-refractivity contribution < 1.29 is 9.59 Å². The van der Waals surface area contributed by atoms with Crippen LogP contribution in [0.2, 0.25) is 0 Å². The summed E-state index contributed by atoms with van der Waals surface area (Å²) < 4.78 is 0.764. The largest absolute Gasteiger partial charge is 0.392 e. The minimum atomic E-state index is 0.134. The van der Waals surface area contributed by atoms with Gasteiger partial charge in [-0.15, -0.1) is 0 Å². The first-order valence-corrected chi connectivity index (χ1v) is 2.66. The van der Waals surface area contributed by atoms with Gasteiger partial charge in [0.15, 0.2) is 0 Å². The molecule has 0 saturated carbocycles. The highest BCUT2D eigenvalue weighted by molar-refractivity contribution is 4.70. The summed E-state index contributed by atoms with van der Waals surface area (Å²) in [5.41, 5.74) is 0. The van der Waals surface area contributed by atoms with Crippen molar-refractivity contribution >= 4 is 0 Å². The van der Waals surface area contributed by atoms with Crippen molar-refractivity contribution in [2.75, 3.05) is 27.7 Å². The molecule has 0 aromatic rings. The van der Waals surface area contributed by atoms with Gasteiger partial charge in [-0.05, 0) is 6.08 Å². The van der Waals surface area contributed by atoms with Crippen LogP contribution in [0.1, 0.15) is 0 Å². The van der Waals surface area contributed by atoms with Gasteiger partial charge in [-0.3, -0.25) is 0 Å². The molecule has 1 N–H and O–H groups in total. The summed E-state index contributed by atoms with van der Waals surface area (Å²) in [7, 11) is 6.10. The molecule has 0 rings (SSSR count). The Morgan fingerprint density at radius 2 is 1.88 bits per heavy atom. The van der Waals surface area contributed by atoms with E-state index in [2.05, 4.69) is 0 Å². The molecule has 0 radical (unpaired) electrons. The van der Waals surface area contributed by atoms with Gasteiger partial charge in [-0.1, -0.05) is 0 Å². The van der Waals surface area contributed by atoms with E-state index in [0.29, 0.717) is 0 Å². The van der Waals surface area contributed by atoms with Gasteiger partial charge in [0.05, 0.1) is 33.9 Å². The fraction of sp³-hybridized carbons (Fsp3) is 0.667. The maximum absolute atomic E-state index is 8.33. The van der Waals surface area contributed by atoms with Gasteiger partial charge in [-0.25, -0.2) is 0 Å². The van der Waals surface area contributed by atoms with Gasteiger partial charge < -0.3 is 9.59 Å². The van der Waals surface area contributed by atoms with Crippen LogP contribution in [0.15, 0.2) is 12.3 Å². The number of aliphatic hydroxyl groups is 1. The second-order valence-corrected chi connectivity index (χ2v) is 2.68. The summed E-state index contributed by atoms with van der Waals surface area (Å²) in [6, 6.07) is 0. The van der Waals surface area contributed by atoms with E-state index < -0.39 is 0 Å². The van der Waals surface area contributed by atoms with Crippen LogP contribution in [0.5, 0.6) is 0 Å². The van der Waals surface area contributed by atoms with Gasteiger partial charge in [0, 0.05) is 0 Å². The van der Waals surface area contributed by atoms with Gasteiger partial charge in [-0.2, -0.15) is 0 Å². The lowest BCUT2D eigenvalue weighted by molar-refractivity contribution is -0.817. The summed E-state index contributed by atoms with van der Waals surface area (Å²) >= 11 is 0. The quantitative estimate of drug-likeness (QED) is 0.404. The van der Waals surface area contributed by atoms with Gasteiger partial charge in [0.2, 0.25) is 0 Å². The van der Waals surface area contributed by atoms with Crippen molar-refractivity contribution in [2.24, 2.45) is 0 Å². The Morgan fingerprint density at radius 3 is 2.00 bits per heavy atom. The molecule has 2 nitrogen and oxygen atoms in total. The van der Waals surface area contributed by atoms with Gasteiger partial charge in [0.1, 0.15) is 0 Å². The number of quaternary nitrogens is 1. The molecule has 8 heavy (non-hydrogen) atoms. The maximum atomic E-state index is 8.33. The molecular weight excluding hydrogens is 103 g/mol. The summed E-state index contributed by atoms with van der Waals surface area (Å²) in [6.45, 7) is 0.134. The second-order valence-electron chi connectivity index (χ2n) is 2.68. The molecular formula is C6H14NO+. The Hall–Kier alpha value is -0.340. The van der Waals surface area contributed by atoms with Crippen molar-refractivity contribution in [1.82, 2.24) is 0 Å². The summed E-state index contributed by atoms with van der Waals surface area (Å²) in [6.07, 6.45) is 3.67. The van der Waals surface area contributed by atoms with E-state index in [-0.39, 0.29) is 6.61 Å². The normalized spacial score (nSPS) is 13.0. The first kappa shape index (κ1) is 7.66. The van der Waals surface area contributed by atoms with E-state index in [1.54, 1.807) is 6.08 Å². The van der Waals surface area contributed by atoms with Crippen LogP contribution in [-0.2, 0) is 0 Å². The molecule has 2 heteroatoms. The molecule has 0 bridgehead atoms. The van der Waals surface area contributed by atoms with Crippen LogP contribution in [0.3, 0.4) is 0 Å². The minimum Gasteiger partial charge on any atom is -0.392 e. The number of nitrogens with zero attached hydrogens (tertiary/aromatic N) is 1. The van der Waals surface area contributed by atoms with Crippen molar-refractivity contribution in [3.63, 3.8) is 0 Å². The molecule has 0 aliphatic rings. The zero-order valence-corrected chi connectivity index (χ0v) is 5.76. The van der Waals surface area contributed by atoms with E-state index in [0.717, 1.165) is 4.48 Å². The number of hydrogen-bond acceptors (Lipinski definition) is 1. The third kappa shape index (κ3) is 5.66. The highest BCUT2D eigenvalue weighted by atomic mass is 16.2. The topological polar surface area (TPSA) is 20.2 Å². The molecule has 0 aliphatic heterocycles. The molecule has 0 fully saturated rings. The van der Waals surface area contributed by atoms with E-state index >= 15 is 0 Å². The van der Waals surface area contributed by atoms with Crippen LogP contribution in [-0.4, -0.2) is 37.3 Å². The van der Waals surface area contributed by atoms with Crippen LogP contribution < -0.4 is 0 Å². The highest BCUT2D eigenvalue weighted by Crippen LogP contribution is 1.89. The van der Waals surface area contributed by atoms with Crippen LogP contribution in [0.25, 0.3) is 0 Å².